The van der Waals surface area contributed by atoms with Crippen LogP contribution in [0.1, 0.15) is 58.2 Å². The quantitative estimate of drug-likeness (QED) is 0.892. The Hall–Kier alpha value is -0.830. The minimum absolute atomic E-state index is 0.125. The van der Waals surface area contributed by atoms with Gasteiger partial charge >= 0.3 is 0 Å². The van der Waals surface area contributed by atoms with Crippen LogP contribution in [0.4, 0.5) is 0 Å². The van der Waals surface area contributed by atoms with Gasteiger partial charge < -0.3 is 5.32 Å². The monoisotopic (exact) mass is 249 g/mol. The normalized spacial score (nSPS) is 24.7. The van der Waals surface area contributed by atoms with Crippen LogP contribution in [0.15, 0.2) is 6.20 Å². The van der Waals surface area contributed by atoms with E-state index in [1.54, 1.807) is 0 Å². The first-order chi connectivity index (χ1) is 8.38. The van der Waals surface area contributed by atoms with Gasteiger partial charge in [-0.3, -0.25) is 4.68 Å². The molecule has 1 heterocycles. The van der Waals surface area contributed by atoms with Crippen molar-refractivity contribution >= 4 is 0 Å². The van der Waals surface area contributed by atoms with Crippen LogP contribution in [-0.4, -0.2) is 15.8 Å². The molecule has 3 nitrogen and oxygen atoms in total. The van der Waals surface area contributed by atoms with E-state index >= 15 is 0 Å². The second-order valence-electron chi connectivity index (χ2n) is 6.82. The molecule has 102 valence electrons. The molecular formula is C15H27N3. The van der Waals surface area contributed by atoms with Crippen molar-refractivity contribution in [2.45, 2.75) is 65.0 Å². The summed E-state index contributed by atoms with van der Waals surface area (Å²) in [5.74, 6) is 0.819. The molecule has 1 fully saturated rings. The van der Waals surface area contributed by atoms with E-state index < -0.39 is 0 Å². The van der Waals surface area contributed by atoms with Crippen molar-refractivity contribution < 1.29 is 0 Å². The summed E-state index contributed by atoms with van der Waals surface area (Å²) in [5, 5.41) is 8.34. The Morgan fingerprint density at radius 2 is 2.11 bits per heavy atom. The third kappa shape index (κ3) is 2.94. The number of nitrogens with zero attached hydrogens (tertiary/aromatic N) is 2. The predicted molar refractivity (Wildman–Crippen MR) is 75.6 cm³/mol. The average molecular weight is 249 g/mol. The number of aryl methyl sites for hydroxylation is 1. The van der Waals surface area contributed by atoms with Gasteiger partial charge in [0.1, 0.15) is 0 Å². The molecule has 2 atom stereocenters. The van der Waals surface area contributed by atoms with Crippen LogP contribution in [-0.2, 0) is 19.0 Å². The smallest absolute Gasteiger partial charge is 0.0722 e. The molecular weight excluding hydrogens is 222 g/mol. The van der Waals surface area contributed by atoms with Crippen LogP contribution in [0.5, 0.6) is 0 Å². The Bertz CT molecular complexity index is 400. The fourth-order valence-electron chi connectivity index (χ4n) is 2.99. The largest absolute Gasteiger partial charge is 0.310 e. The molecule has 1 aliphatic carbocycles. The first-order valence-corrected chi connectivity index (χ1v) is 7.14. The van der Waals surface area contributed by atoms with E-state index in [2.05, 4.69) is 44.3 Å². The second-order valence-corrected chi connectivity index (χ2v) is 6.82. The molecule has 2 rings (SSSR count). The molecule has 0 aliphatic heterocycles. The molecule has 0 bridgehead atoms. The van der Waals surface area contributed by atoms with E-state index in [9.17, 15) is 0 Å². The van der Waals surface area contributed by atoms with Crippen LogP contribution < -0.4 is 5.32 Å². The lowest BCUT2D eigenvalue weighted by Crippen LogP contribution is -2.31. The summed E-state index contributed by atoms with van der Waals surface area (Å²) in [6.07, 6.45) is 6.23. The van der Waals surface area contributed by atoms with Crippen molar-refractivity contribution in [3.63, 3.8) is 0 Å². The molecule has 0 aromatic carbocycles. The number of nitrogens with one attached hydrogen (secondary N) is 1. The summed E-state index contributed by atoms with van der Waals surface area (Å²) < 4.78 is 1.94. The maximum Gasteiger partial charge on any atom is 0.0722 e. The molecule has 18 heavy (non-hydrogen) atoms. The van der Waals surface area contributed by atoms with E-state index in [4.69, 9.17) is 0 Å². The summed E-state index contributed by atoms with van der Waals surface area (Å²) in [7, 11) is 2.01. The second kappa shape index (κ2) is 5.04. The molecule has 3 heteroatoms. The molecule has 0 amide bonds. The Kier molecular flexibility index (Phi) is 3.81. The van der Waals surface area contributed by atoms with E-state index in [0.717, 1.165) is 12.5 Å². The van der Waals surface area contributed by atoms with Gasteiger partial charge in [-0.05, 0) is 18.8 Å². The molecule has 0 saturated heterocycles. The van der Waals surface area contributed by atoms with Gasteiger partial charge in [-0.2, -0.15) is 5.10 Å². The first-order valence-electron chi connectivity index (χ1n) is 7.14. The van der Waals surface area contributed by atoms with Crippen molar-refractivity contribution in [3.05, 3.63) is 17.5 Å². The average Bonchev–Trinajstić information content (AvgIpc) is 2.81. The Morgan fingerprint density at radius 1 is 1.39 bits per heavy atom. The summed E-state index contributed by atoms with van der Waals surface area (Å²) in [6.45, 7) is 10.0. The lowest BCUT2D eigenvalue weighted by Gasteiger charge is -2.20. The van der Waals surface area contributed by atoms with Gasteiger partial charge in [0.2, 0.25) is 0 Å². The highest BCUT2D eigenvalue weighted by molar-refractivity contribution is 5.24. The van der Waals surface area contributed by atoms with E-state index in [1.165, 1.54) is 30.5 Å². The zero-order chi connectivity index (χ0) is 13.3. The Labute approximate surface area is 111 Å². The van der Waals surface area contributed by atoms with E-state index in [1.807, 2.05) is 11.7 Å². The van der Waals surface area contributed by atoms with Gasteiger partial charge in [-0.25, -0.2) is 0 Å². The zero-order valence-electron chi connectivity index (χ0n) is 12.5. The third-order valence-electron chi connectivity index (χ3n) is 4.03. The molecule has 2 unspecified atom stereocenters. The van der Waals surface area contributed by atoms with Gasteiger partial charge in [-0.15, -0.1) is 0 Å². The zero-order valence-corrected chi connectivity index (χ0v) is 12.5. The number of rotatable bonds is 3. The van der Waals surface area contributed by atoms with Gasteiger partial charge in [0.15, 0.2) is 0 Å². The van der Waals surface area contributed by atoms with Crippen molar-refractivity contribution in [2.24, 2.45) is 13.0 Å². The van der Waals surface area contributed by atoms with Crippen molar-refractivity contribution in [3.8, 4) is 0 Å². The van der Waals surface area contributed by atoms with Crippen molar-refractivity contribution in [1.29, 1.82) is 0 Å². The van der Waals surface area contributed by atoms with Gasteiger partial charge in [0.05, 0.1) is 5.69 Å². The summed E-state index contributed by atoms with van der Waals surface area (Å²) in [5.41, 5.74) is 2.70. The van der Waals surface area contributed by atoms with Crippen LogP contribution in [0.3, 0.4) is 0 Å². The summed E-state index contributed by atoms with van der Waals surface area (Å²) in [6, 6.07) is 0.693. The molecule has 1 N–H and O–H groups in total. The highest BCUT2D eigenvalue weighted by atomic mass is 15.3. The third-order valence-corrected chi connectivity index (χ3v) is 4.03. The number of hydrogen-bond donors (Lipinski definition) is 1. The molecule has 1 saturated carbocycles. The lowest BCUT2D eigenvalue weighted by molar-refractivity contribution is 0.423. The first kappa shape index (κ1) is 13.6. The molecule has 1 aliphatic rings. The molecule has 1 aromatic heterocycles. The Balaban J connectivity index is 2.05. The minimum Gasteiger partial charge on any atom is -0.310 e. The lowest BCUT2D eigenvalue weighted by atomic mass is 9.89. The fourth-order valence-corrected chi connectivity index (χ4v) is 2.99. The van der Waals surface area contributed by atoms with Gasteiger partial charge in [-0.1, -0.05) is 34.1 Å². The highest BCUT2D eigenvalue weighted by Crippen LogP contribution is 2.27. The van der Waals surface area contributed by atoms with Gasteiger partial charge in [0, 0.05) is 36.8 Å². The number of hydrogen-bond acceptors (Lipinski definition) is 2. The topological polar surface area (TPSA) is 29.9 Å². The highest BCUT2D eigenvalue weighted by Gasteiger charge is 2.25. The van der Waals surface area contributed by atoms with Crippen LogP contribution in [0.25, 0.3) is 0 Å². The van der Waals surface area contributed by atoms with Crippen molar-refractivity contribution in [2.75, 3.05) is 0 Å². The predicted octanol–water partition coefficient (Wildman–Crippen LogP) is 3.00. The Morgan fingerprint density at radius 3 is 2.67 bits per heavy atom. The standard InChI is InChI=1S/C15H27N3/c1-11-7-6-8-13(11)16-9-12-10-18(5)17-14(12)15(2,3)4/h10-11,13,16H,6-9H2,1-5H3. The molecule has 0 spiro atoms. The fraction of sp³-hybridized carbons (Fsp3) is 0.800. The molecule has 0 radical (unpaired) electrons. The summed E-state index contributed by atoms with van der Waals surface area (Å²) in [4.78, 5) is 0. The van der Waals surface area contributed by atoms with Gasteiger partial charge in [0.25, 0.3) is 0 Å². The maximum absolute atomic E-state index is 4.62. The van der Waals surface area contributed by atoms with Crippen LogP contribution in [0.2, 0.25) is 0 Å². The van der Waals surface area contributed by atoms with E-state index in [0.29, 0.717) is 6.04 Å². The van der Waals surface area contributed by atoms with Crippen LogP contribution in [0, 0.1) is 5.92 Å². The number of aromatic nitrogens is 2. The SMILES string of the molecule is CC1CCCC1NCc1cn(C)nc1C(C)(C)C. The van der Waals surface area contributed by atoms with Crippen LogP contribution >= 0.6 is 0 Å². The maximum atomic E-state index is 4.62. The summed E-state index contributed by atoms with van der Waals surface area (Å²) >= 11 is 0. The van der Waals surface area contributed by atoms with Crippen molar-refractivity contribution in [1.82, 2.24) is 15.1 Å². The molecule has 1 aromatic rings. The van der Waals surface area contributed by atoms with E-state index in [-0.39, 0.29) is 5.41 Å². The minimum atomic E-state index is 0.125.